The van der Waals surface area contributed by atoms with E-state index >= 15 is 0 Å². The van der Waals surface area contributed by atoms with Crippen LogP contribution in [0.25, 0.3) is 6.08 Å². The van der Waals surface area contributed by atoms with Gasteiger partial charge in [0.25, 0.3) is 5.56 Å². The van der Waals surface area contributed by atoms with Crippen LogP contribution in [0.4, 0.5) is 0 Å². The molecule has 0 aliphatic carbocycles. The fourth-order valence-corrected chi connectivity index (χ4v) is 5.17. The molecule has 0 radical (unpaired) electrons. The summed E-state index contributed by atoms with van der Waals surface area (Å²) in [5.74, 6) is -0.237. The number of fused-ring (bicyclic) bond motifs is 1. The summed E-state index contributed by atoms with van der Waals surface area (Å²) in [6, 6.07) is 14.0. The average molecular weight is 517 g/mol. The van der Waals surface area contributed by atoms with E-state index in [1.807, 2.05) is 18.2 Å². The Balaban J connectivity index is 1.86. The highest BCUT2D eigenvalue weighted by Crippen LogP contribution is 2.31. The molecule has 4 rings (SSSR count). The van der Waals surface area contributed by atoms with Crippen molar-refractivity contribution in [2.24, 2.45) is 4.99 Å². The summed E-state index contributed by atoms with van der Waals surface area (Å²) in [4.78, 5) is 43.2. The number of hydrogen-bond acceptors (Lipinski definition) is 7. The van der Waals surface area contributed by atoms with Gasteiger partial charge in [0.2, 0.25) is 0 Å². The van der Waals surface area contributed by atoms with Crippen LogP contribution in [0, 0.1) is 0 Å². The number of nitrogens with zero attached hydrogens (tertiary/aromatic N) is 2. The Morgan fingerprint density at radius 2 is 1.81 bits per heavy atom. The zero-order valence-corrected chi connectivity index (χ0v) is 22.0. The van der Waals surface area contributed by atoms with Gasteiger partial charge in [-0.25, -0.2) is 9.79 Å². The molecule has 0 fully saturated rings. The standard InChI is InChI=1S/C29H28N2O5S/c1-6-15-35-28(34)25-18(4)30-29-31(26(25)22-11-13-23(14-12-22)36-19(5)32)27(33)24(37-29)16-20-7-9-21(10-8-20)17(2)3/h6-14,16-17,26H,1,15H2,2-5H3/b24-16-. The minimum absolute atomic E-state index is 0.0323. The van der Waals surface area contributed by atoms with Crippen LogP contribution in [-0.4, -0.2) is 23.1 Å². The van der Waals surface area contributed by atoms with Crippen LogP contribution in [0.2, 0.25) is 0 Å². The van der Waals surface area contributed by atoms with Gasteiger partial charge in [-0.3, -0.25) is 14.2 Å². The SMILES string of the molecule is C=CCOC(=O)C1=C(C)N=c2s/c(=C\c3ccc(C(C)C)cc3)c(=O)n2C1c1ccc(OC(C)=O)cc1. The van der Waals surface area contributed by atoms with Crippen LogP contribution >= 0.6 is 11.3 Å². The predicted molar refractivity (Wildman–Crippen MR) is 143 cm³/mol. The first kappa shape index (κ1) is 26.0. The van der Waals surface area contributed by atoms with Crippen molar-refractivity contribution in [3.05, 3.63) is 109 Å². The molecule has 0 bridgehead atoms. The highest BCUT2D eigenvalue weighted by atomic mass is 32.1. The lowest BCUT2D eigenvalue weighted by atomic mass is 9.96. The van der Waals surface area contributed by atoms with E-state index in [0.717, 1.165) is 5.56 Å². The summed E-state index contributed by atoms with van der Waals surface area (Å²) in [5, 5.41) is 0. The number of aromatic nitrogens is 1. The van der Waals surface area contributed by atoms with Gasteiger partial charge in [-0.05, 0) is 47.7 Å². The lowest BCUT2D eigenvalue weighted by molar-refractivity contribution is -0.138. The summed E-state index contributed by atoms with van der Waals surface area (Å²) in [5.41, 5.74) is 3.25. The topological polar surface area (TPSA) is 87.0 Å². The Morgan fingerprint density at radius 1 is 1.14 bits per heavy atom. The average Bonchev–Trinajstić information content (AvgIpc) is 3.16. The zero-order chi connectivity index (χ0) is 26.7. The molecule has 7 nitrogen and oxygen atoms in total. The van der Waals surface area contributed by atoms with Crippen LogP contribution < -0.4 is 19.6 Å². The maximum Gasteiger partial charge on any atom is 0.338 e. The van der Waals surface area contributed by atoms with Gasteiger partial charge in [0.15, 0.2) is 4.80 Å². The molecule has 1 aromatic heterocycles. The normalized spacial score (nSPS) is 15.3. The Morgan fingerprint density at radius 3 is 2.41 bits per heavy atom. The van der Waals surface area contributed by atoms with Gasteiger partial charge in [-0.15, -0.1) is 0 Å². The lowest BCUT2D eigenvalue weighted by Crippen LogP contribution is -2.39. The summed E-state index contributed by atoms with van der Waals surface area (Å²) in [7, 11) is 0. The Hall–Kier alpha value is -4.04. The van der Waals surface area contributed by atoms with Gasteiger partial charge in [-0.1, -0.05) is 74.2 Å². The number of rotatable bonds is 7. The number of carbonyl (C=O) groups excluding carboxylic acids is 2. The minimum atomic E-state index is -0.759. The van der Waals surface area contributed by atoms with E-state index in [4.69, 9.17) is 9.47 Å². The zero-order valence-electron chi connectivity index (χ0n) is 21.2. The molecule has 2 heterocycles. The van der Waals surface area contributed by atoms with Crippen LogP contribution in [-0.2, 0) is 14.3 Å². The van der Waals surface area contributed by atoms with Gasteiger partial charge in [0, 0.05) is 6.92 Å². The smallest absolute Gasteiger partial charge is 0.338 e. The van der Waals surface area contributed by atoms with Gasteiger partial charge in [0.05, 0.1) is 21.8 Å². The molecule has 1 aliphatic rings. The number of thiazole rings is 1. The molecule has 0 saturated carbocycles. The van der Waals surface area contributed by atoms with Crippen molar-refractivity contribution < 1.29 is 19.1 Å². The van der Waals surface area contributed by atoms with Crippen molar-refractivity contribution in [2.45, 2.75) is 39.7 Å². The summed E-state index contributed by atoms with van der Waals surface area (Å²) in [6.07, 6.45) is 3.32. The first-order chi connectivity index (χ1) is 17.7. The highest BCUT2D eigenvalue weighted by molar-refractivity contribution is 7.07. The van der Waals surface area contributed by atoms with E-state index in [0.29, 0.717) is 32.3 Å². The molecule has 0 amide bonds. The summed E-state index contributed by atoms with van der Waals surface area (Å²) in [6.45, 7) is 10.9. The van der Waals surface area contributed by atoms with Crippen LogP contribution in [0.1, 0.15) is 56.3 Å². The highest BCUT2D eigenvalue weighted by Gasteiger charge is 2.33. The largest absolute Gasteiger partial charge is 0.458 e. The number of allylic oxidation sites excluding steroid dienone is 1. The van der Waals surface area contributed by atoms with E-state index in [1.54, 1.807) is 31.2 Å². The fraction of sp³-hybridized carbons (Fsp3) is 0.241. The van der Waals surface area contributed by atoms with Gasteiger partial charge >= 0.3 is 11.9 Å². The predicted octanol–water partition coefficient (Wildman–Crippen LogP) is 4.01. The molecule has 1 aliphatic heterocycles. The second-order valence-electron chi connectivity index (χ2n) is 8.95. The second kappa shape index (κ2) is 10.9. The summed E-state index contributed by atoms with van der Waals surface area (Å²) < 4.78 is 12.5. The van der Waals surface area contributed by atoms with E-state index in [1.165, 1.54) is 34.5 Å². The molecule has 2 aromatic carbocycles. The van der Waals surface area contributed by atoms with E-state index in [2.05, 4.69) is 37.6 Å². The molecule has 37 heavy (non-hydrogen) atoms. The van der Waals surface area contributed by atoms with Crippen molar-refractivity contribution in [3.63, 3.8) is 0 Å². The number of benzene rings is 2. The molecule has 0 N–H and O–H groups in total. The van der Waals surface area contributed by atoms with E-state index in [-0.39, 0.29) is 17.7 Å². The van der Waals surface area contributed by atoms with Crippen LogP contribution in [0.3, 0.4) is 0 Å². The van der Waals surface area contributed by atoms with E-state index < -0.39 is 18.0 Å². The molecule has 0 saturated heterocycles. The minimum Gasteiger partial charge on any atom is -0.458 e. The molecular formula is C29H28N2O5S. The maximum absolute atomic E-state index is 13.7. The first-order valence-corrected chi connectivity index (χ1v) is 12.7. The maximum atomic E-state index is 13.7. The van der Waals surface area contributed by atoms with Crippen molar-refractivity contribution in [1.29, 1.82) is 0 Å². The monoisotopic (exact) mass is 516 g/mol. The molecule has 190 valence electrons. The van der Waals surface area contributed by atoms with Crippen molar-refractivity contribution in [1.82, 2.24) is 4.57 Å². The third-order valence-electron chi connectivity index (χ3n) is 5.93. The Kier molecular flexibility index (Phi) is 7.69. The van der Waals surface area contributed by atoms with Gasteiger partial charge in [0.1, 0.15) is 12.4 Å². The number of ether oxygens (including phenoxy) is 2. The van der Waals surface area contributed by atoms with Crippen molar-refractivity contribution in [2.75, 3.05) is 6.61 Å². The number of carbonyl (C=O) groups is 2. The molecule has 8 heteroatoms. The second-order valence-corrected chi connectivity index (χ2v) is 9.96. The molecule has 0 spiro atoms. The quantitative estimate of drug-likeness (QED) is 0.269. The molecule has 1 unspecified atom stereocenters. The molecule has 3 aromatic rings. The Bertz CT molecular complexity index is 1560. The van der Waals surface area contributed by atoms with Gasteiger partial charge in [-0.2, -0.15) is 0 Å². The van der Waals surface area contributed by atoms with Crippen molar-refractivity contribution >= 4 is 29.4 Å². The Labute approximate surface area is 218 Å². The number of esters is 2. The summed E-state index contributed by atoms with van der Waals surface area (Å²) >= 11 is 1.27. The van der Waals surface area contributed by atoms with Crippen LogP contribution in [0.5, 0.6) is 5.75 Å². The molecular weight excluding hydrogens is 488 g/mol. The van der Waals surface area contributed by atoms with Crippen molar-refractivity contribution in [3.8, 4) is 5.75 Å². The van der Waals surface area contributed by atoms with E-state index in [9.17, 15) is 14.4 Å². The fourth-order valence-electron chi connectivity index (χ4n) is 4.12. The lowest BCUT2D eigenvalue weighted by Gasteiger charge is -2.24. The van der Waals surface area contributed by atoms with Crippen LogP contribution in [0.15, 0.2) is 82.2 Å². The van der Waals surface area contributed by atoms with Gasteiger partial charge < -0.3 is 9.47 Å². The third kappa shape index (κ3) is 5.54. The number of hydrogen-bond donors (Lipinski definition) is 0. The molecule has 1 atom stereocenters. The first-order valence-electron chi connectivity index (χ1n) is 11.9. The third-order valence-corrected chi connectivity index (χ3v) is 6.92.